The zero-order valence-electron chi connectivity index (χ0n) is 10.9. The highest BCUT2D eigenvalue weighted by atomic mass is 35.5. The summed E-state index contributed by atoms with van der Waals surface area (Å²) >= 11 is 12.2. The number of methoxy groups -OCH3 is 1. The predicted molar refractivity (Wildman–Crippen MR) is 85.2 cm³/mol. The molecule has 1 aromatic heterocycles. The molecule has 0 bridgehead atoms. The zero-order valence-corrected chi connectivity index (χ0v) is 13.3. The van der Waals surface area contributed by atoms with Crippen LogP contribution in [0.4, 0.5) is 5.00 Å². The molecule has 0 saturated carbocycles. The Bertz CT molecular complexity index is 655. The van der Waals surface area contributed by atoms with Crippen molar-refractivity contribution in [3.05, 3.63) is 41.3 Å². The lowest BCUT2D eigenvalue weighted by Gasteiger charge is -2.08. The molecule has 1 N–H and O–H groups in total. The van der Waals surface area contributed by atoms with E-state index in [0.29, 0.717) is 10.6 Å². The lowest BCUT2D eigenvalue weighted by atomic mass is 10.0. The number of amides is 1. The fourth-order valence-corrected chi connectivity index (χ4v) is 2.82. The van der Waals surface area contributed by atoms with E-state index in [-0.39, 0.29) is 5.56 Å². The first-order valence-corrected chi connectivity index (χ1v) is 7.64. The Hall–Kier alpha value is -1.56. The number of carbonyl (C=O) groups excluding carboxylic acids is 2. The second kappa shape index (κ2) is 6.93. The number of halogens is 2. The number of hydrogen-bond donors (Lipinski definition) is 1. The van der Waals surface area contributed by atoms with Crippen LogP contribution in [0.15, 0.2) is 35.7 Å². The topological polar surface area (TPSA) is 55.4 Å². The van der Waals surface area contributed by atoms with Gasteiger partial charge in [0.25, 0.3) is 5.91 Å². The molecule has 0 spiro atoms. The first-order chi connectivity index (χ1) is 10.0. The first-order valence-electron chi connectivity index (χ1n) is 5.88. The van der Waals surface area contributed by atoms with Gasteiger partial charge in [0.2, 0.25) is 0 Å². The number of alkyl halides is 2. The molecule has 1 aromatic carbocycles. The van der Waals surface area contributed by atoms with Gasteiger partial charge in [-0.2, -0.15) is 0 Å². The molecule has 1 heterocycles. The van der Waals surface area contributed by atoms with Gasteiger partial charge in [-0.3, -0.25) is 4.79 Å². The Balaban J connectivity index is 2.46. The summed E-state index contributed by atoms with van der Waals surface area (Å²) in [4.78, 5) is 22.4. The molecular formula is C14H11Cl2NO3S. The number of nitrogens with one attached hydrogen (secondary N) is 1. The Morgan fingerprint density at radius 2 is 1.90 bits per heavy atom. The van der Waals surface area contributed by atoms with Gasteiger partial charge in [0.1, 0.15) is 10.6 Å². The molecule has 0 fully saturated rings. The van der Waals surface area contributed by atoms with Crippen LogP contribution < -0.4 is 5.32 Å². The van der Waals surface area contributed by atoms with E-state index >= 15 is 0 Å². The lowest BCUT2D eigenvalue weighted by molar-refractivity contribution is -0.114. The minimum absolute atomic E-state index is 0.288. The highest BCUT2D eigenvalue weighted by Crippen LogP contribution is 2.36. The molecule has 0 radical (unpaired) electrons. The van der Waals surface area contributed by atoms with Crippen molar-refractivity contribution in [2.45, 2.75) is 4.84 Å². The van der Waals surface area contributed by atoms with Gasteiger partial charge in [0.15, 0.2) is 4.84 Å². The summed E-state index contributed by atoms with van der Waals surface area (Å²) in [6, 6.07) is 9.33. The summed E-state index contributed by atoms with van der Waals surface area (Å²) in [7, 11) is 1.28. The van der Waals surface area contributed by atoms with E-state index in [1.165, 1.54) is 18.4 Å². The Morgan fingerprint density at radius 1 is 1.24 bits per heavy atom. The van der Waals surface area contributed by atoms with Gasteiger partial charge >= 0.3 is 5.97 Å². The molecule has 0 aliphatic carbocycles. The van der Waals surface area contributed by atoms with Crippen LogP contribution in [0.5, 0.6) is 0 Å². The van der Waals surface area contributed by atoms with Crippen LogP contribution in [0.1, 0.15) is 10.4 Å². The maximum Gasteiger partial charge on any atom is 0.341 e. The number of anilines is 1. The maximum atomic E-state index is 12.0. The van der Waals surface area contributed by atoms with E-state index in [1.807, 2.05) is 30.3 Å². The van der Waals surface area contributed by atoms with E-state index in [4.69, 9.17) is 27.9 Å². The minimum atomic E-state index is -1.21. The highest BCUT2D eigenvalue weighted by Gasteiger charge is 2.23. The average molecular weight is 344 g/mol. The molecule has 0 aliphatic rings. The van der Waals surface area contributed by atoms with Gasteiger partial charge in [-0.25, -0.2) is 4.79 Å². The molecule has 0 saturated heterocycles. The van der Waals surface area contributed by atoms with Gasteiger partial charge in [0.05, 0.1) is 7.11 Å². The summed E-state index contributed by atoms with van der Waals surface area (Å²) in [5.74, 6) is -1.13. The normalized spacial score (nSPS) is 10.5. The van der Waals surface area contributed by atoms with E-state index in [9.17, 15) is 9.59 Å². The number of rotatable bonds is 4. The van der Waals surface area contributed by atoms with Crippen LogP contribution in [0, 0.1) is 0 Å². The molecule has 2 aromatic rings. The van der Waals surface area contributed by atoms with Gasteiger partial charge in [0, 0.05) is 10.9 Å². The third-order valence-corrected chi connectivity index (χ3v) is 3.99. The van der Waals surface area contributed by atoms with Gasteiger partial charge in [-0.1, -0.05) is 53.5 Å². The molecule has 1 amide bonds. The number of ether oxygens (including phenoxy) is 1. The SMILES string of the molecule is COC(=O)c1c(-c2ccccc2)csc1NC(=O)C(Cl)Cl. The molecule has 110 valence electrons. The third kappa shape index (κ3) is 3.56. The number of benzene rings is 1. The molecule has 7 heteroatoms. The van der Waals surface area contributed by atoms with Gasteiger partial charge in [-0.15, -0.1) is 11.3 Å². The second-order valence-corrected chi connectivity index (χ2v) is 5.98. The first kappa shape index (κ1) is 15.8. The number of esters is 1. The molecule has 0 atom stereocenters. The standard InChI is InChI=1S/C14H11Cl2NO3S/c1-20-14(19)10-9(8-5-3-2-4-6-8)7-21-13(10)17-12(18)11(15)16/h2-7,11H,1H3,(H,17,18). The lowest BCUT2D eigenvalue weighted by Crippen LogP contribution is -2.19. The van der Waals surface area contributed by atoms with Crippen LogP contribution in [-0.4, -0.2) is 23.8 Å². The number of thiophene rings is 1. The monoisotopic (exact) mass is 343 g/mol. The van der Waals surface area contributed by atoms with Crippen LogP contribution in [-0.2, 0) is 9.53 Å². The smallest absolute Gasteiger partial charge is 0.341 e. The molecule has 0 aliphatic heterocycles. The summed E-state index contributed by atoms with van der Waals surface area (Å²) in [5, 5.41) is 4.66. The Morgan fingerprint density at radius 3 is 2.48 bits per heavy atom. The molecule has 2 rings (SSSR count). The van der Waals surface area contributed by atoms with Crippen molar-refractivity contribution in [1.29, 1.82) is 0 Å². The Labute approximate surface area is 135 Å². The predicted octanol–water partition coefficient (Wildman–Crippen LogP) is 3.94. The third-order valence-electron chi connectivity index (χ3n) is 2.70. The van der Waals surface area contributed by atoms with Crippen molar-refractivity contribution in [1.82, 2.24) is 0 Å². The van der Waals surface area contributed by atoms with Gasteiger partial charge in [-0.05, 0) is 5.56 Å². The second-order valence-electron chi connectivity index (χ2n) is 4.00. The highest BCUT2D eigenvalue weighted by molar-refractivity contribution is 7.15. The van der Waals surface area contributed by atoms with Crippen molar-refractivity contribution in [3.8, 4) is 11.1 Å². The van der Waals surface area contributed by atoms with Crippen molar-refractivity contribution < 1.29 is 14.3 Å². The van der Waals surface area contributed by atoms with Gasteiger partial charge < -0.3 is 10.1 Å². The maximum absolute atomic E-state index is 12.0. The Kier molecular flexibility index (Phi) is 5.22. The van der Waals surface area contributed by atoms with Crippen LogP contribution in [0.3, 0.4) is 0 Å². The van der Waals surface area contributed by atoms with Crippen molar-refractivity contribution >= 4 is 51.4 Å². The zero-order chi connectivity index (χ0) is 15.4. The largest absolute Gasteiger partial charge is 0.465 e. The summed E-state index contributed by atoms with van der Waals surface area (Å²) < 4.78 is 4.79. The van der Waals surface area contributed by atoms with Crippen molar-refractivity contribution in [3.63, 3.8) is 0 Å². The quantitative estimate of drug-likeness (QED) is 0.675. The molecular weight excluding hydrogens is 333 g/mol. The fourth-order valence-electron chi connectivity index (χ4n) is 1.75. The summed E-state index contributed by atoms with van der Waals surface area (Å²) in [6.07, 6.45) is 0. The summed E-state index contributed by atoms with van der Waals surface area (Å²) in [6.45, 7) is 0. The van der Waals surface area contributed by atoms with Crippen molar-refractivity contribution in [2.75, 3.05) is 12.4 Å². The van der Waals surface area contributed by atoms with E-state index in [0.717, 1.165) is 5.56 Å². The minimum Gasteiger partial charge on any atom is -0.465 e. The van der Waals surface area contributed by atoms with Crippen LogP contribution >= 0.6 is 34.5 Å². The number of hydrogen-bond acceptors (Lipinski definition) is 4. The molecule has 0 unspecified atom stereocenters. The molecule has 21 heavy (non-hydrogen) atoms. The average Bonchev–Trinajstić information content (AvgIpc) is 2.90. The molecule has 4 nitrogen and oxygen atoms in total. The van der Waals surface area contributed by atoms with Crippen molar-refractivity contribution in [2.24, 2.45) is 0 Å². The summed E-state index contributed by atoms with van der Waals surface area (Å²) in [5.41, 5.74) is 1.82. The van der Waals surface area contributed by atoms with Crippen LogP contribution in [0.25, 0.3) is 11.1 Å². The fraction of sp³-hybridized carbons (Fsp3) is 0.143. The van der Waals surface area contributed by atoms with E-state index in [2.05, 4.69) is 5.32 Å². The number of carbonyl (C=O) groups is 2. The van der Waals surface area contributed by atoms with Crippen LogP contribution in [0.2, 0.25) is 0 Å². The van der Waals surface area contributed by atoms with E-state index in [1.54, 1.807) is 5.38 Å². The van der Waals surface area contributed by atoms with E-state index < -0.39 is 16.7 Å².